The summed E-state index contributed by atoms with van der Waals surface area (Å²) in [4.78, 5) is 9.49. The van der Waals surface area contributed by atoms with Crippen molar-refractivity contribution < 1.29 is 0 Å². The van der Waals surface area contributed by atoms with Gasteiger partial charge in [-0.25, -0.2) is 9.97 Å². The van der Waals surface area contributed by atoms with Crippen molar-refractivity contribution in [2.45, 2.75) is 62.7 Å². The van der Waals surface area contributed by atoms with Gasteiger partial charge >= 0.3 is 0 Å². The van der Waals surface area contributed by atoms with Crippen LogP contribution in [0.25, 0.3) is 0 Å². The third-order valence-electron chi connectivity index (χ3n) is 4.64. The summed E-state index contributed by atoms with van der Waals surface area (Å²) in [5.74, 6) is 3.63. The van der Waals surface area contributed by atoms with E-state index >= 15 is 0 Å². The minimum atomic E-state index is 0.557. The maximum absolute atomic E-state index is 4.82. The molecule has 2 N–H and O–H groups in total. The first kappa shape index (κ1) is 14.9. The van der Waals surface area contributed by atoms with Crippen LogP contribution in [0.15, 0.2) is 0 Å². The summed E-state index contributed by atoms with van der Waals surface area (Å²) in [6, 6.07) is 0.557. The lowest BCUT2D eigenvalue weighted by molar-refractivity contribution is 0.472. The van der Waals surface area contributed by atoms with Gasteiger partial charge in [-0.05, 0) is 45.3 Å². The normalized spacial score (nSPS) is 25.7. The molecule has 3 rings (SSSR count). The Morgan fingerprint density at radius 1 is 1.10 bits per heavy atom. The Balaban J connectivity index is 1.78. The number of hydrogen-bond donors (Lipinski definition) is 2. The van der Waals surface area contributed by atoms with E-state index in [0.717, 1.165) is 28.3 Å². The molecule has 0 amide bonds. The zero-order valence-electron chi connectivity index (χ0n) is 13.3. The molecule has 0 spiro atoms. The standard InChI is InChI=1S/C16H26N4S/c1-10-14(17-2)19-16(11-7-8-11)20-15(10)18-12-5-4-6-13(9-12)21-3/h11-13H,4-9H2,1-3H3,(H2,17,18,19,20). The first-order valence-electron chi connectivity index (χ1n) is 8.07. The van der Waals surface area contributed by atoms with Crippen molar-refractivity contribution in [2.24, 2.45) is 0 Å². The van der Waals surface area contributed by atoms with Crippen molar-refractivity contribution in [3.05, 3.63) is 11.4 Å². The molecule has 21 heavy (non-hydrogen) atoms. The lowest BCUT2D eigenvalue weighted by Crippen LogP contribution is -2.29. The zero-order valence-corrected chi connectivity index (χ0v) is 14.1. The van der Waals surface area contributed by atoms with E-state index in [0.29, 0.717) is 12.0 Å². The van der Waals surface area contributed by atoms with Crippen molar-refractivity contribution in [3.8, 4) is 0 Å². The summed E-state index contributed by atoms with van der Waals surface area (Å²) >= 11 is 2.00. The molecule has 1 aromatic heterocycles. The van der Waals surface area contributed by atoms with Gasteiger partial charge < -0.3 is 10.6 Å². The van der Waals surface area contributed by atoms with Crippen LogP contribution in [0.3, 0.4) is 0 Å². The Bertz CT molecular complexity index is 501. The molecule has 5 heteroatoms. The molecule has 2 aliphatic rings. The van der Waals surface area contributed by atoms with Crippen LogP contribution in [0.2, 0.25) is 0 Å². The molecule has 2 saturated carbocycles. The fourth-order valence-corrected chi connectivity index (χ4v) is 3.95. The van der Waals surface area contributed by atoms with Gasteiger partial charge in [0.2, 0.25) is 0 Å². The average Bonchev–Trinajstić information content (AvgIpc) is 3.34. The van der Waals surface area contributed by atoms with E-state index < -0.39 is 0 Å². The van der Waals surface area contributed by atoms with E-state index in [2.05, 4.69) is 28.8 Å². The Kier molecular flexibility index (Phi) is 4.57. The van der Waals surface area contributed by atoms with E-state index in [1.165, 1.54) is 38.5 Å². The molecule has 0 radical (unpaired) electrons. The molecule has 0 saturated heterocycles. The van der Waals surface area contributed by atoms with Gasteiger partial charge in [-0.15, -0.1) is 0 Å². The third-order valence-corrected chi connectivity index (χ3v) is 5.74. The number of nitrogens with one attached hydrogen (secondary N) is 2. The second-order valence-electron chi connectivity index (χ2n) is 6.29. The molecular weight excluding hydrogens is 280 g/mol. The molecule has 1 heterocycles. The number of hydrogen-bond acceptors (Lipinski definition) is 5. The maximum atomic E-state index is 4.82. The molecule has 1 aromatic rings. The Hall–Kier alpha value is -0.970. The summed E-state index contributed by atoms with van der Waals surface area (Å²) in [5, 5.41) is 7.72. The lowest BCUT2D eigenvalue weighted by Gasteiger charge is -2.29. The fraction of sp³-hybridized carbons (Fsp3) is 0.750. The van der Waals surface area contributed by atoms with Crippen LogP contribution in [-0.4, -0.2) is 34.6 Å². The zero-order chi connectivity index (χ0) is 14.8. The molecule has 2 atom stereocenters. The highest BCUT2D eigenvalue weighted by atomic mass is 32.2. The summed E-state index contributed by atoms with van der Waals surface area (Å²) in [5.41, 5.74) is 1.15. The van der Waals surface area contributed by atoms with Gasteiger partial charge in [0.15, 0.2) is 0 Å². The molecule has 0 bridgehead atoms. The SMILES string of the molecule is CNc1nc(C2CC2)nc(NC2CCCC(SC)C2)c1C. The van der Waals surface area contributed by atoms with Crippen LogP contribution in [-0.2, 0) is 0 Å². The van der Waals surface area contributed by atoms with Crippen molar-refractivity contribution >= 4 is 23.4 Å². The smallest absolute Gasteiger partial charge is 0.136 e. The first-order chi connectivity index (χ1) is 10.2. The number of rotatable bonds is 5. The summed E-state index contributed by atoms with van der Waals surface area (Å²) in [6.07, 6.45) is 9.89. The van der Waals surface area contributed by atoms with Crippen LogP contribution < -0.4 is 10.6 Å². The van der Waals surface area contributed by atoms with Crippen molar-refractivity contribution in [2.75, 3.05) is 23.9 Å². The van der Waals surface area contributed by atoms with Crippen LogP contribution in [0, 0.1) is 6.92 Å². The van der Waals surface area contributed by atoms with E-state index in [9.17, 15) is 0 Å². The second-order valence-corrected chi connectivity index (χ2v) is 7.43. The summed E-state index contributed by atoms with van der Waals surface area (Å²) < 4.78 is 0. The van der Waals surface area contributed by atoms with E-state index in [1.54, 1.807) is 0 Å². The minimum Gasteiger partial charge on any atom is -0.373 e. The monoisotopic (exact) mass is 306 g/mol. The predicted octanol–water partition coefficient (Wildman–Crippen LogP) is 3.79. The van der Waals surface area contributed by atoms with Gasteiger partial charge in [-0.2, -0.15) is 11.8 Å². The van der Waals surface area contributed by atoms with Crippen LogP contribution in [0.4, 0.5) is 11.6 Å². The van der Waals surface area contributed by atoms with Crippen molar-refractivity contribution in [1.82, 2.24) is 9.97 Å². The molecule has 2 unspecified atom stereocenters. The quantitative estimate of drug-likeness (QED) is 0.867. The number of anilines is 2. The van der Waals surface area contributed by atoms with Crippen molar-refractivity contribution in [3.63, 3.8) is 0 Å². The topological polar surface area (TPSA) is 49.8 Å². The Labute approximate surface area is 131 Å². The van der Waals surface area contributed by atoms with E-state index in [1.807, 2.05) is 18.8 Å². The van der Waals surface area contributed by atoms with Gasteiger partial charge in [-0.3, -0.25) is 0 Å². The molecule has 0 aromatic carbocycles. The average molecular weight is 306 g/mol. The van der Waals surface area contributed by atoms with Crippen LogP contribution >= 0.6 is 11.8 Å². The predicted molar refractivity (Wildman–Crippen MR) is 91.5 cm³/mol. The van der Waals surface area contributed by atoms with Gasteiger partial charge in [-0.1, -0.05) is 6.42 Å². The van der Waals surface area contributed by atoms with E-state index in [4.69, 9.17) is 4.98 Å². The third kappa shape index (κ3) is 3.44. The van der Waals surface area contributed by atoms with Gasteiger partial charge in [0.05, 0.1) is 0 Å². The van der Waals surface area contributed by atoms with Gasteiger partial charge in [0, 0.05) is 29.8 Å². The highest BCUT2D eigenvalue weighted by Gasteiger charge is 2.29. The maximum Gasteiger partial charge on any atom is 0.136 e. The molecule has 0 aliphatic heterocycles. The first-order valence-corrected chi connectivity index (χ1v) is 9.35. The highest BCUT2D eigenvalue weighted by molar-refractivity contribution is 7.99. The van der Waals surface area contributed by atoms with Crippen LogP contribution in [0.1, 0.15) is 55.8 Å². The molecule has 116 valence electrons. The number of aromatic nitrogens is 2. The number of nitrogens with zero attached hydrogens (tertiary/aromatic N) is 2. The van der Waals surface area contributed by atoms with Crippen molar-refractivity contribution in [1.29, 1.82) is 0 Å². The summed E-state index contributed by atoms with van der Waals surface area (Å²) in [6.45, 7) is 2.11. The fourth-order valence-electron chi connectivity index (χ4n) is 3.13. The Morgan fingerprint density at radius 3 is 2.52 bits per heavy atom. The van der Waals surface area contributed by atoms with Crippen LogP contribution in [0.5, 0.6) is 0 Å². The largest absolute Gasteiger partial charge is 0.373 e. The Morgan fingerprint density at radius 2 is 1.86 bits per heavy atom. The number of thioether (sulfide) groups is 1. The lowest BCUT2D eigenvalue weighted by atomic mass is 9.95. The second kappa shape index (κ2) is 6.42. The molecule has 4 nitrogen and oxygen atoms in total. The minimum absolute atomic E-state index is 0.557. The summed E-state index contributed by atoms with van der Waals surface area (Å²) in [7, 11) is 1.94. The van der Waals surface area contributed by atoms with E-state index in [-0.39, 0.29) is 0 Å². The van der Waals surface area contributed by atoms with Gasteiger partial charge in [0.1, 0.15) is 17.5 Å². The van der Waals surface area contributed by atoms with Gasteiger partial charge in [0.25, 0.3) is 0 Å². The highest BCUT2D eigenvalue weighted by Crippen LogP contribution is 2.40. The molecule has 2 fully saturated rings. The molecule has 2 aliphatic carbocycles. The molecular formula is C16H26N4S.